The van der Waals surface area contributed by atoms with Crippen molar-refractivity contribution in [3.05, 3.63) is 93.7 Å². The Balaban J connectivity index is 1.52. The number of benzene rings is 2. The van der Waals surface area contributed by atoms with E-state index in [-0.39, 0.29) is 17.3 Å². The molecule has 1 amide bonds. The summed E-state index contributed by atoms with van der Waals surface area (Å²) in [5.74, 6) is -0.925. The van der Waals surface area contributed by atoms with Crippen LogP contribution in [0.3, 0.4) is 0 Å². The smallest absolute Gasteiger partial charge is 0.278 e. The molecular weight excluding hydrogens is 397 g/mol. The average Bonchev–Trinajstić information content (AvgIpc) is 2.80. The van der Waals surface area contributed by atoms with Gasteiger partial charge in [-0.3, -0.25) is 9.59 Å². The average molecular weight is 421 g/mol. The Morgan fingerprint density at radius 1 is 1.10 bits per heavy atom. The zero-order valence-electron chi connectivity index (χ0n) is 17.2. The minimum atomic E-state index is -0.589. The highest BCUT2D eigenvalue weighted by Gasteiger charge is 2.30. The van der Waals surface area contributed by atoms with Crippen molar-refractivity contribution in [2.75, 3.05) is 13.1 Å². The van der Waals surface area contributed by atoms with Gasteiger partial charge in [0.2, 0.25) is 5.43 Å². The molecule has 0 saturated carbocycles. The molecule has 1 N–H and O–H groups in total. The fourth-order valence-corrected chi connectivity index (χ4v) is 4.05. The van der Waals surface area contributed by atoms with Crippen molar-refractivity contribution in [1.82, 2.24) is 14.7 Å². The standard InChI is InChI=1S/C24H24FN3O3/c1-16-15-21(29)22(26-28(16)20-10-6-5-9-19(20)25)24(31)27-13-11-18(12-14-27)23(30)17-7-3-2-4-8-17/h2-10,15,18,23,30H,11-14H2,1H3/t23-/m0/s1. The van der Waals surface area contributed by atoms with Gasteiger partial charge in [0.1, 0.15) is 11.5 Å². The van der Waals surface area contributed by atoms with Gasteiger partial charge in [0.25, 0.3) is 5.91 Å². The van der Waals surface area contributed by atoms with E-state index in [1.54, 1.807) is 30.0 Å². The minimum absolute atomic E-state index is 0.0347. The zero-order valence-corrected chi connectivity index (χ0v) is 17.2. The van der Waals surface area contributed by atoms with Crippen molar-refractivity contribution < 1.29 is 14.3 Å². The lowest BCUT2D eigenvalue weighted by molar-refractivity contribution is 0.0456. The van der Waals surface area contributed by atoms with Crippen LogP contribution in [-0.4, -0.2) is 38.8 Å². The van der Waals surface area contributed by atoms with Crippen LogP contribution >= 0.6 is 0 Å². The molecule has 0 bridgehead atoms. The Morgan fingerprint density at radius 2 is 1.74 bits per heavy atom. The van der Waals surface area contributed by atoms with E-state index >= 15 is 0 Å². The number of halogens is 1. The highest BCUT2D eigenvalue weighted by molar-refractivity contribution is 5.92. The molecule has 0 radical (unpaired) electrons. The summed E-state index contributed by atoms with van der Waals surface area (Å²) >= 11 is 0. The number of aromatic nitrogens is 2. The maximum Gasteiger partial charge on any atom is 0.278 e. The van der Waals surface area contributed by atoms with Crippen LogP contribution in [0.4, 0.5) is 4.39 Å². The van der Waals surface area contributed by atoms with E-state index in [0.29, 0.717) is 31.6 Å². The predicted molar refractivity (Wildman–Crippen MR) is 115 cm³/mol. The number of piperidine rings is 1. The van der Waals surface area contributed by atoms with Gasteiger partial charge >= 0.3 is 0 Å². The highest BCUT2D eigenvalue weighted by Crippen LogP contribution is 2.30. The summed E-state index contributed by atoms with van der Waals surface area (Å²) in [6.07, 6.45) is 0.652. The van der Waals surface area contributed by atoms with Crippen LogP contribution < -0.4 is 5.43 Å². The number of aliphatic hydroxyl groups is 1. The molecule has 2 heterocycles. The molecule has 1 aliphatic rings. The molecule has 0 aliphatic carbocycles. The van der Waals surface area contributed by atoms with E-state index in [1.807, 2.05) is 30.3 Å². The molecule has 4 rings (SSSR count). The first-order valence-electron chi connectivity index (χ1n) is 10.3. The maximum atomic E-state index is 14.2. The third-order valence-electron chi connectivity index (χ3n) is 5.81. The van der Waals surface area contributed by atoms with Crippen LogP contribution in [0.15, 0.2) is 65.5 Å². The third-order valence-corrected chi connectivity index (χ3v) is 5.81. The molecule has 7 heteroatoms. The molecule has 0 spiro atoms. The Morgan fingerprint density at radius 3 is 2.42 bits per heavy atom. The monoisotopic (exact) mass is 421 g/mol. The summed E-state index contributed by atoms with van der Waals surface area (Å²) in [6, 6.07) is 16.9. The number of aliphatic hydroxyl groups excluding tert-OH is 1. The molecule has 1 atom stereocenters. The number of hydrogen-bond acceptors (Lipinski definition) is 4. The molecule has 1 saturated heterocycles. The van der Waals surface area contributed by atoms with Gasteiger partial charge in [0.05, 0.1) is 6.10 Å². The molecule has 1 aliphatic heterocycles. The van der Waals surface area contributed by atoms with Crippen molar-refractivity contribution in [3.63, 3.8) is 0 Å². The third kappa shape index (κ3) is 4.27. The SMILES string of the molecule is Cc1cc(=O)c(C(=O)N2CCC([C@@H](O)c3ccccc3)CC2)nn1-c1ccccc1F. The van der Waals surface area contributed by atoms with E-state index < -0.39 is 23.3 Å². The lowest BCUT2D eigenvalue weighted by Gasteiger charge is -2.34. The van der Waals surface area contributed by atoms with Gasteiger partial charge in [-0.15, -0.1) is 0 Å². The number of carbonyl (C=O) groups is 1. The molecule has 1 fully saturated rings. The van der Waals surface area contributed by atoms with Crippen molar-refractivity contribution in [2.24, 2.45) is 5.92 Å². The van der Waals surface area contributed by atoms with Crippen LogP contribution in [0.2, 0.25) is 0 Å². The van der Waals surface area contributed by atoms with Crippen molar-refractivity contribution in [1.29, 1.82) is 0 Å². The van der Waals surface area contributed by atoms with Crippen LogP contribution in [0.1, 0.15) is 40.7 Å². The molecule has 2 aromatic carbocycles. The molecule has 0 unspecified atom stereocenters. The van der Waals surface area contributed by atoms with E-state index in [4.69, 9.17) is 0 Å². The first kappa shape index (κ1) is 20.9. The van der Waals surface area contributed by atoms with Crippen LogP contribution in [-0.2, 0) is 0 Å². The topological polar surface area (TPSA) is 75.4 Å². The molecular formula is C24H24FN3O3. The van der Waals surface area contributed by atoms with Crippen molar-refractivity contribution >= 4 is 5.91 Å². The van der Waals surface area contributed by atoms with Gasteiger partial charge < -0.3 is 10.0 Å². The fraction of sp³-hybridized carbons (Fsp3) is 0.292. The second kappa shape index (κ2) is 8.81. The normalized spacial score (nSPS) is 15.6. The first-order valence-corrected chi connectivity index (χ1v) is 10.3. The predicted octanol–water partition coefficient (Wildman–Crippen LogP) is 3.27. The fourth-order valence-electron chi connectivity index (χ4n) is 4.05. The second-order valence-electron chi connectivity index (χ2n) is 7.85. The van der Waals surface area contributed by atoms with Crippen LogP contribution in [0.25, 0.3) is 5.69 Å². The van der Waals surface area contributed by atoms with Crippen molar-refractivity contribution in [3.8, 4) is 5.69 Å². The van der Waals surface area contributed by atoms with Crippen LogP contribution in [0.5, 0.6) is 0 Å². The lowest BCUT2D eigenvalue weighted by Crippen LogP contribution is -2.42. The summed E-state index contributed by atoms with van der Waals surface area (Å²) in [5.41, 5.74) is 0.771. The van der Waals surface area contributed by atoms with E-state index in [9.17, 15) is 19.1 Å². The van der Waals surface area contributed by atoms with Gasteiger partial charge in [-0.25, -0.2) is 9.07 Å². The van der Waals surface area contributed by atoms with Gasteiger partial charge in [-0.1, -0.05) is 42.5 Å². The first-order chi connectivity index (χ1) is 15.0. The number of likely N-dealkylation sites (tertiary alicyclic amines) is 1. The molecule has 1 aromatic heterocycles. The summed E-state index contributed by atoms with van der Waals surface area (Å²) in [5, 5.41) is 14.8. The zero-order chi connectivity index (χ0) is 22.0. The summed E-state index contributed by atoms with van der Waals surface area (Å²) in [6.45, 7) is 2.48. The van der Waals surface area contributed by atoms with Gasteiger partial charge in [0.15, 0.2) is 5.69 Å². The summed E-state index contributed by atoms with van der Waals surface area (Å²) < 4.78 is 15.5. The summed E-state index contributed by atoms with van der Waals surface area (Å²) in [4.78, 5) is 27.1. The number of rotatable bonds is 4. The van der Waals surface area contributed by atoms with Gasteiger partial charge in [-0.05, 0) is 43.4 Å². The number of para-hydroxylation sites is 1. The van der Waals surface area contributed by atoms with Gasteiger partial charge in [-0.2, -0.15) is 5.10 Å². The Hall–Kier alpha value is -3.32. The highest BCUT2D eigenvalue weighted by atomic mass is 19.1. The lowest BCUT2D eigenvalue weighted by atomic mass is 9.87. The molecule has 3 aromatic rings. The Bertz CT molecular complexity index is 1140. The molecule has 160 valence electrons. The molecule has 6 nitrogen and oxygen atoms in total. The van der Waals surface area contributed by atoms with E-state index in [2.05, 4.69) is 5.10 Å². The Labute approximate surface area is 179 Å². The van der Waals surface area contributed by atoms with Gasteiger partial charge in [0, 0.05) is 24.8 Å². The van der Waals surface area contributed by atoms with E-state index in [1.165, 1.54) is 16.8 Å². The summed E-state index contributed by atoms with van der Waals surface area (Å²) in [7, 11) is 0. The number of carbonyl (C=O) groups excluding carboxylic acids is 1. The number of nitrogens with zero attached hydrogens (tertiary/aromatic N) is 3. The number of hydrogen-bond donors (Lipinski definition) is 1. The molecule has 31 heavy (non-hydrogen) atoms. The Kier molecular flexibility index (Phi) is 5.95. The van der Waals surface area contributed by atoms with E-state index in [0.717, 1.165) is 5.56 Å². The number of amides is 1. The second-order valence-corrected chi connectivity index (χ2v) is 7.85. The minimum Gasteiger partial charge on any atom is -0.388 e. The van der Waals surface area contributed by atoms with Crippen LogP contribution in [0, 0.1) is 18.7 Å². The quantitative estimate of drug-likeness (QED) is 0.702. The largest absolute Gasteiger partial charge is 0.388 e. The number of aryl methyl sites for hydroxylation is 1. The maximum absolute atomic E-state index is 14.2. The van der Waals surface area contributed by atoms with Crippen molar-refractivity contribution in [2.45, 2.75) is 25.9 Å².